The van der Waals surface area contributed by atoms with E-state index in [4.69, 9.17) is 13.0 Å². The molecular formula is C10H13N5O6. The van der Waals surface area contributed by atoms with Crippen LogP contribution in [0.5, 0.6) is 0 Å². The van der Waals surface area contributed by atoms with Crippen LogP contribution in [0.25, 0.3) is 10.4 Å². The molecule has 0 saturated carbocycles. The fraction of sp³-hybridized carbons (Fsp3) is 0.600. The molecule has 4 N–H and O–H groups in total. The minimum atomic E-state index is -2.30. The Balaban J connectivity index is 2.71. The molecule has 0 radical (unpaired) electrons. The average molecular weight is 301 g/mol. The Morgan fingerprint density at radius 3 is 2.95 bits per heavy atom. The minimum Gasteiger partial charge on any atom is -0.393 e. The first-order valence-corrected chi connectivity index (χ1v) is 5.69. The summed E-state index contributed by atoms with van der Waals surface area (Å²) in [7, 11) is 0. The van der Waals surface area contributed by atoms with Gasteiger partial charge in [-0.3, -0.25) is 14.3 Å². The second-order valence-electron chi connectivity index (χ2n) is 4.66. The highest BCUT2D eigenvalue weighted by atomic mass is 16.6. The summed E-state index contributed by atoms with van der Waals surface area (Å²) in [5, 5.41) is 33.0. The summed E-state index contributed by atoms with van der Waals surface area (Å²) in [5.74, 6) is 0. The van der Waals surface area contributed by atoms with Gasteiger partial charge in [-0.1, -0.05) is 5.11 Å². The summed E-state index contributed by atoms with van der Waals surface area (Å²) in [6, 6.07) is -0.872. The largest absolute Gasteiger partial charge is 0.393 e. The summed E-state index contributed by atoms with van der Waals surface area (Å²) in [4.78, 5) is 27.4. The van der Waals surface area contributed by atoms with Crippen LogP contribution >= 0.6 is 0 Å². The molecule has 1 aliphatic rings. The van der Waals surface area contributed by atoms with E-state index in [2.05, 4.69) is 10.0 Å². The Morgan fingerprint density at radius 2 is 2.38 bits per heavy atom. The minimum absolute atomic E-state index is 0.414. The van der Waals surface area contributed by atoms with E-state index in [0.717, 1.165) is 6.92 Å². The van der Waals surface area contributed by atoms with Crippen LogP contribution in [0.3, 0.4) is 0 Å². The number of H-pyrrole nitrogens is 1. The first-order valence-electron chi connectivity index (χ1n) is 6.69. The topological polar surface area (TPSA) is 174 Å². The SMILES string of the molecule is [2H]c1c([2H])n([C@@H]2O[C@@](CO)(N=[N+]=[N-])C(O)[C@@]2(C)O)c(=O)[nH]c1=O. The summed E-state index contributed by atoms with van der Waals surface area (Å²) in [6.07, 6.45) is -4.63. The number of aliphatic hydroxyl groups excluding tert-OH is 2. The smallest absolute Gasteiger partial charge is 0.330 e. The number of ether oxygens (including phenoxy) is 1. The number of azide groups is 1. The molecule has 2 heterocycles. The predicted octanol–water partition coefficient (Wildman–Crippen LogP) is -1.82. The highest BCUT2D eigenvalue weighted by molar-refractivity contribution is 5.07. The molecule has 4 atom stereocenters. The zero-order chi connectivity index (χ0) is 17.6. The second kappa shape index (κ2) is 4.98. The van der Waals surface area contributed by atoms with Crippen molar-refractivity contribution in [2.45, 2.75) is 30.6 Å². The number of rotatable bonds is 3. The molecule has 11 heteroatoms. The normalized spacial score (nSPS) is 36.8. The third-order valence-electron chi connectivity index (χ3n) is 3.20. The van der Waals surface area contributed by atoms with E-state index in [0.29, 0.717) is 4.57 Å². The monoisotopic (exact) mass is 301 g/mol. The molecule has 1 aromatic rings. The summed E-state index contributed by atoms with van der Waals surface area (Å²) in [6.45, 7) is -0.00269. The molecule has 0 aromatic carbocycles. The first kappa shape index (κ1) is 12.6. The van der Waals surface area contributed by atoms with Crippen molar-refractivity contribution in [3.05, 3.63) is 43.5 Å². The fourth-order valence-electron chi connectivity index (χ4n) is 2.11. The lowest BCUT2D eigenvalue weighted by Gasteiger charge is -2.28. The van der Waals surface area contributed by atoms with Gasteiger partial charge in [-0.2, -0.15) is 0 Å². The molecular weight excluding hydrogens is 286 g/mol. The summed E-state index contributed by atoms with van der Waals surface area (Å²) >= 11 is 0. The van der Waals surface area contributed by atoms with Crippen LogP contribution in [0.1, 0.15) is 15.9 Å². The number of aromatic nitrogens is 2. The summed E-state index contributed by atoms with van der Waals surface area (Å²) in [5.41, 5.74) is 1.68. The van der Waals surface area contributed by atoms with E-state index in [1.807, 2.05) is 0 Å². The van der Waals surface area contributed by atoms with Crippen LogP contribution in [0.15, 0.2) is 26.9 Å². The molecule has 1 fully saturated rings. The van der Waals surface area contributed by atoms with Crippen molar-refractivity contribution in [2.24, 2.45) is 5.11 Å². The molecule has 0 amide bonds. The van der Waals surface area contributed by atoms with Crippen LogP contribution in [0.4, 0.5) is 0 Å². The second-order valence-corrected chi connectivity index (χ2v) is 4.66. The molecule has 11 nitrogen and oxygen atoms in total. The number of hydrogen-bond acceptors (Lipinski definition) is 7. The summed E-state index contributed by atoms with van der Waals surface area (Å²) < 4.78 is 20.7. The third kappa shape index (κ3) is 2.22. The molecule has 0 spiro atoms. The number of nitrogens with one attached hydrogen (secondary N) is 1. The van der Waals surface area contributed by atoms with E-state index in [-0.39, 0.29) is 0 Å². The number of aliphatic hydroxyl groups is 3. The lowest BCUT2D eigenvalue weighted by Crippen LogP contribution is -2.50. The Hall–Kier alpha value is -2.17. The van der Waals surface area contributed by atoms with E-state index < -0.39 is 53.7 Å². The van der Waals surface area contributed by atoms with E-state index in [1.54, 1.807) is 4.98 Å². The zero-order valence-electron chi connectivity index (χ0n) is 12.7. The van der Waals surface area contributed by atoms with Crippen LogP contribution in [-0.2, 0) is 4.74 Å². The number of nitrogens with zero attached hydrogens (tertiary/aromatic N) is 4. The van der Waals surface area contributed by atoms with Gasteiger partial charge < -0.3 is 20.1 Å². The number of aromatic amines is 1. The third-order valence-corrected chi connectivity index (χ3v) is 3.20. The van der Waals surface area contributed by atoms with Gasteiger partial charge in [0, 0.05) is 17.1 Å². The van der Waals surface area contributed by atoms with Gasteiger partial charge in [0.2, 0.25) is 5.72 Å². The van der Waals surface area contributed by atoms with Crippen molar-refractivity contribution in [1.82, 2.24) is 9.55 Å². The predicted molar refractivity (Wildman–Crippen MR) is 67.0 cm³/mol. The average Bonchev–Trinajstić information content (AvgIpc) is 2.67. The molecule has 1 aliphatic heterocycles. The first-order chi connectivity index (χ1) is 10.6. The van der Waals surface area contributed by atoms with Crippen molar-refractivity contribution in [3.8, 4) is 0 Å². The van der Waals surface area contributed by atoms with Gasteiger partial charge in [0.05, 0.1) is 9.35 Å². The lowest BCUT2D eigenvalue weighted by molar-refractivity contribution is -0.128. The van der Waals surface area contributed by atoms with Gasteiger partial charge in [0.15, 0.2) is 6.23 Å². The van der Waals surface area contributed by atoms with Gasteiger partial charge in [0.25, 0.3) is 5.56 Å². The molecule has 1 saturated heterocycles. The molecule has 0 bridgehead atoms. The quantitative estimate of drug-likeness (QED) is 0.290. The van der Waals surface area contributed by atoms with Crippen molar-refractivity contribution in [1.29, 1.82) is 0 Å². The Labute approximate surface area is 119 Å². The van der Waals surface area contributed by atoms with Gasteiger partial charge in [0.1, 0.15) is 11.7 Å². The van der Waals surface area contributed by atoms with Gasteiger partial charge in [-0.15, -0.1) is 0 Å². The zero-order valence-corrected chi connectivity index (χ0v) is 10.7. The van der Waals surface area contributed by atoms with Crippen LogP contribution < -0.4 is 11.2 Å². The van der Waals surface area contributed by atoms with Crippen molar-refractivity contribution >= 4 is 0 Å². The highest BCUT2D eigenvalue weighted by Gasteiger charge is 2.61. The maximum absolute atomic E-state index is 11.9. The molecule has 2 rings (SSSR count). The molecule has 114 valence electrons. The van der Waals surface area contributed by atoms with Crippen LogP contribution in [0, 0.1) is 0 Å². The molecule has 21 heavy (non-hydrogen) atoms. The van der Waals surface area contributed by atoms with E-state index in [1.165, 1.54) is 0 Å². The van der Waals surface area contributed by atoms with Gasteiger partial charge >= 0.3 is 5.69 Å². The Bertz CT molecular complexity index is 800. The van der Waals surface area contributed by atoms with E-state index in [9.17, 15) is 24.9 Å². The molecule has 1 unspecified atom stereocenters. The standard InChI is InChI=1S/C10H13N5O6/c1-9(20)6(18)10(4-16,13-14-11)21-7(9)15-3-2-5(17)12-8(15)19/h2-3,6-7,16,18,20H,4H2,1H3,(H,12,17,19)/t6?,7-,9-,10-/m1/s1/i2D,3D. The molecule has 1 aromatic heterocycles. The highest BCUT2D eigenvalue weighted by Crippen LogP contribution is 2.44. The number of hydrogen-bond donors (Lipinski definition) is 4. The maximum Gasteiger partial charge on any atom is 0.330 e. The van der Waals surface area contributed by atoms with Gasteiger partial charge in [-0.05, 0) is 12.5 Å². The van der Waals surface area contributed by atoms with Crippen LogP contribution in [0.2, 0.25) is 0 Å². The van der Waals surface area contributed by atoms with Gasteiger partial charge in [-0.25, -0.2) is 4.79 Å². The Kier molecular flexibility index (Phi) is 2.98. The molecule has 0 aliphatic carbocycles. The van der Waals surface area contributed by atoms with Crippen molar-refractivity contribution in [2.75, 3.05) is 6.61 Å². The lowest BCUT2D eigenvalue weighted by atomic mass is 9.93. The Morgan fingerprint density at radius 1 is 1.71 bits per heavy atom. The maximum atomic E-state index is 11.9. The van der Waals surface area contributed by atoms with E-state index >= 15 is 0 Å². The fourth-order valence-corrected chi connectivity index (χ4v) is 2.11. The van der Waals surface area contributed by atoms with Crippen molar-refractivity contribution in [3.63, 3.8) is 0 Å². The van der Waals surface area contributed by atoms with Crippen LogP contribution in [-0.4, -0.2) is 48.9 Å². The van der Waals surface area contributed by atoms with Crippen molar-refractivity contribution < 1.29 is 22.8 Å².